The topological polar surface area (TPSA) is 70.6 Å². The molecule has 1 amide bonds. The van der Waals surface area contributed by atoms with Gasteiger partial charge in [-0.2, -0.15) is 4.31 Å². The van der Waals surface area contributed by atoms with Crippen molar-refractivity contribution in [3.8, 4) is 0 Å². The van der Waals surface area contributed by atoms with Gasteiger partial charge in [-0.3, -0.25) is 9.69 Å². The number of fused-ring (bicyclic) bond motifs is 1. The first kappa shape index (κ1) is 25.6. The van der Waals surface area contributed by atoms with E-state index in [0.29, 0.717) is 31.1 Å². The van der Waals surface area contributed by atoms with E-state index in [-0.39, 0.29) is 17.3 Å². The summed E-state index contributed by atoms with van der Waals surface area (Å²) in [6.45, 7) is 7.04. The van der Waals surface area contributed by atoms with Crippen molar-refractivity contribution in [3.05, 3.63) is 89.0 Å². The molecule has 3 aromatic carbocycles. The van der Waals surface area contributed by atoms with E-state index in [1.165, 1.54) is 21.2 Å². The van der Waals surface area contributed by atoms with Gasteiger partial charge < -0.3 is 0 Å². The van der Waals surface area contributed by atoms with Crippen molar-refractivity contribution in [1.82, 2.24) is 9.29 Å². The van der Waals surface area contributed by atoms with Crippen LogP contribution < -0.4 is 4.90 Å². The lowest BCUT2D eigenvalue weighted by Crippen LogP contribution is -2.46. The highest BCUT2D eigenvalue weighted by atomic mass is 32.2. The van der Waals surface area contributed by atoms with Crippen LogP contribution in [0.15, 0.2) is 71.6 Å². The first-order valence-electron chi connectivity index (χ1n) is 12.5. The number of amides is 1. The normalized spacial score (nSPS) is 16.7. The van der Waals surface area contributed by atoms with Gasteiger partial charge in [0.15, 0.2) is 5.13 Å². The smallest absolute Gasteiger partial charge is 0.243 e. The zero-order valence-electron chi connectivity index (χ0n) is 21.3. The fourth-order valence-electron chi connectivity index (χ4n) is 4.73. The Morgan fingerprint density at radius 1 is 1.03 bits per heavy atom. The number of rotatable bonds is 6. The number of piperidine rings is 1. The molecule has 0 spiro atoms. The summed E-state index contributed by atoms with van der Waals surface area (Å²) in [5.41, 5.74) is 5.23. The molecule has 0 aliphatic carbocycles. The molecule has 37 heavy (non-hydrogen) atoms. The van der Waals surface area contributed by atoms with Crippen LogP contribution in [0.25, 0.3) is 10.2 Å². The number of hydrogen-bond donors (Lipinski definition) is 0. The number of carbonyl (C=O) groups excluding carboxylic acids is 1. The Balaban J connectivity index is 1.46. The van der Waals surface area contributed by atoms with Crippen LogP contribution in [0.3, 0.4) is 0 Å². The van der Waals surface area contributed by atoms with Gasteiger partial charge in [-0.25, -0.2) is 13.4 Å². The lowest BCUT2D eigenvalue weighted by Gasteiger charge is -2.33. The second kappa shape index (κ2) is 10.4. The summed E-state index contributed by atoms with van der Waals surface area (Å²) in [6.07, 6.45) is 1.28. The highest BCUT2D eigenvalue weighted by molar-refractivity contribution is 7.89. The molecule has 5 rings (SSSR count). The zero-order chi connectivity index (χ0) is 26.2. The molecule has 4 aromatic rings. The second-order valence-electron chi connectivity index (χ2n) is 9.83. The minimum absolute atomic E-state index is 0.0832. The van der Waals surface area contributed by atoms with Crippen LogP contribution in [-0.2, 0) is 21.4 Å². The Morgan fingerprint density at radius 3 is 2.46 bits per heavy atom. The number of nitrogens with zero attached hydrogens (tertiary/aromatic N) is 3. The molecule has 0 bridgehead atoms. The first-order chi connectivity index (χ1) is 17.7. The number of anilines is 1. The van der Waals surface area contributed by atoms with Crippen molar-refractivity contribution in [3.63, 3.8) is 0 Å². The van der Waals surface area contributed by atoms with Gasteiger partial charge in [0.25, 0.3) is 0 Å². The van der Waals surface area contributed by atoms with Gasteiger partial charge in [0, 0.05) is 13.1 Å². The van der Waals surface area contributed by atoms with Crippen LogP contribution in [0.1, 0.15) is 35.1 Å². The highest BCUT2D eigenvalue weighted by Gasteiger charge is 2.36. The molecule has 1 fully saturated rings. The summed E-state index contributed by atoms with van der Waals surface area (Å²) in [5.74, 6) is -0.520. The molecule has 6 nitrogen and oxygen atoms in total. The molecule has 2 heterocycles. The maximum atomic E-state index is 14.0. The van der Waals surface area contributed by atoms with E-state index >= 15 is 0 Å². The standard InChI is InChI=1S/C29H31N3O3S2/c1-20-11-13-25(14-12-20)37(34,35)31-15-7-10-24(19-31)28(33)32(18-23-8-5-4-6-9-23)29-30-26-16-21(2)22(3)17-27(26)36-29/h4-6,8-9,11-14,16-17,24H,7,10,15,18-19H2,1-3H3. The predicted octanol–water partition coefficient (Wildman–Crippen LogP) is 5.86. The average molecular weight is 534 g/mol. The van der Waals surface area contributed by atoms with Gasteiger partial charge in [-0.05, 0) is 74.6 Å². The first-order valence-corrected chi connectivity index (χ1v) is 14.8. The van der Waals surface area contributed by atoms with E-state index in [1.54, 1.807) is 29.2 Å². The van der Waals surface area contributed by atoms with Gasteiger partial charge in [-0.15, -0.1) is 0 Å². The van der Waals surface area contributed by atoms with Crippen molar-refractivity contribution in [1.29, 1.82) is 0 Å². The Morgan fingerprint density at radius 2 is 1.73 bits per heavy atom. The number of thiazole rings is 1. The van der Waals surface area contributed by atoms with E-state index in [0.717, 1.165) is 26.9 Å². The largest absolute Gasteiger partial charge is 0.283 e. The molecule has 1 aliphatic rings. The van der Waals surface area contributed by atoms with Crippen LogP contribution >= 0.6 is 11.3 Å². The second-order valence-corrected chi connectivity index (χ2v) is 12.8. The summed E-state index contributed by atoms with van der Waals surface area (Å²) >= 11 is 1.51. The molecule has 1 unspecified atom stereocenters. The monoisotopic (exact) mass is 533 g/mol. The fraction of sp³-hybridized carbons (Fsp3) is 0.310. The zero-order valence-corrected chi connectivity index (χ0v) is 23.0. The SMILES string of the molecule is Cc1ccc(S(=O)(=O)N2CCCC(C(=O)N(Cc3ccccc3)c3nc4cc(C)c(C)cc4s3)C2)cc1. The molecule has 1 aromatic heterocycles. The Labute approximate surface area is 222 Å². The summed E-state index contributed by atoms with van der Waals surface area (Å²) in [6, 6.07) is 20.9. The third-order valence-electron chi connectivity index (χ3n) is 7.07. The quantitative estimate of drug-likeness (QED) is 0.311. The Hall–Kier alpha value is -3.07. The van der Waals surface area contributed by atoms with Crippen LogP contribution in [0.4, 0.5) is 5.13 Å². The van der Waals surface area contributed by atoms with Crippen molar-refractivity contribution < 1.29 is 13.2 Å². The minimum Gasteiger partial charge on any atom is -0.283 e. The van der Waals surface area contributed by atoms with E-state index in [4.69, 9.17) is 4.98 Å². The number of benzene rings is 3. The maximum absolute atomic E-state index is 14.0. The van der Waals surface area contributed by atoms with E-state index in [9.17, 15) is 13.2 Å². The number of hydrogen-bond acceptors (Lipinski definition) is 5. The minimum atomic E-state index is -3.67. The summed E-state index contributed by atoms with van der Waals surface area (Å²) in [4.78, 5) is 20.9. The van der Waals surface area contributed by atoms with Crippen molar-refractivity contribution >= 4 is 42.6 Å². The number of carbonyl (C=O) groups is 1. The highest BCUT2D eigenvalue weighted by Crippen LogP contribution is 2.34. The van der Waals surface area contributed by atoms with E-state index in [1.807, 2.05) is 37.3 Å². The lowest BCUT2D eigenvalue weighted by molar-refractivity contribution is -0.123. The van der Waals surface area contributed by atoms with Crippen LogP contribution in [-0.4, -0.2) is 36.7 Å². The van der Waals surface area contributed by atoms with Gasteiger partial charge in [0.1, 0.15) is 0 Å². The van der Waals surface area contributed by atoms with Crippen molar-refractivity contribution in [2.75, 3.05) is 18.0 Å². The van der Waals surface area contributed by atoms with Crippen LogP contribution in [0, 0.1) is 26.7 Å². The van der Waals surface area contributed by atoms with Gasteiger partial charge in [0.05, 0.1) is 27.6 Å². The molecule has 8 heteroatoms. The third-order valence-corrected chi connectivity index (χ3v) is 9.99. The molecule has 1 saturated heterocycles. The van der Waals surface area contributed by atoms with Gasteiger partial charge in [-0.1, -0.05) is 59.4 Å². The average Bonchev–Trinajstić information content (AvgIpc) is 3.30. The van der Waals surface area contributed by atoms with E-state index in [2.05, 4.69) is 26.0 Å². The Bertz CT molecular complexity index is 1490. The number of aryl methyl sites for hydroxylation is 3. The molecule has 1 aliphatic heterocycles. The van der Waals surface area contributed by atoms with Gasteiger partial charge >= 0.3 is 0 Å². The molecule has 1 atom stereocenters. The molecule has 0 radical (unpaired) electrons. The Kier molecular flexibility index (Phi) is 7.16. The molecular formula is C29H31N3O3S2. The molecular weight excluding hydrogens is 502 g/mol. The summed E-state index contributed by atoms with van der Waals surface area (Å²) in [5, 5.41) is 0.646. The van der Waals surface area contributed by atoms with Gasteiger partial charge in [0.2, 0.25) is 15.9 Å². The van der Waals surface area contributed by atoms with E-state index < -0.39 is 15.9 Å². The van der Waals surface area contributed by atoms with Crippen LogP contribution in [0.5, 0.6) is 0 Å². The fourth-order valence-corrected chi connectivity index (χ4v) is 7.31. The third kappa shape index (κ3) is 5.32. The molecule has 0 N–H and O–H groups in total. The lowest BCUT2D eigenvalue weighted by atomic mass is 9.98. The number of sulfonamides is 1. The predicted molar refractivity (Wildman–Crippen MR) is 149 cm³/mol. The summed E-state index contributed by atoms with van der Waals surface area (Å²) < 4.78 is 29.2. The molecule has 0 saturated carbocycles. The van der Waals surface area contributed by atoms with Crippen molar-refractivity contribution in [2.45, 2.75) is 45.1 Å². The number of aromatic nitrogens is 1. The van der Waals surface area contributed by atoms with Crippen LogP contribution in [0.2, 0.25) is 0 Å². The van der Waals surface area contributed by atoms with Crippen molar-refractivity contribution in [2.24, 2.45) is 5.92 Å². The summed E-state index contributed by atoms with van der Waals surface area (Å²) in [7, 11) is -3.67. The maximum Gasteiger partial charge on any atom is 0.243 e. The molecule has 192 valence electrons.